The van der Waals surface area contributed by atoms with Crippen molar-refractivity contribution in [1.82, 2.24) is 4.98 Å². The molecule has 6 heteroatoms. The summed E-state index contributed by atoms with van der Waals surface area (Å²) in [4.78, 5) is 28.7. The molecule has 0 saturated carbocycles. The van der Waals surface area contributed by atoms with Gasteiger partial charge in [0.05, 0.1) is 16.8 Å². The van der Waals surface area contributed by atoms with Crippen LogP contribution in [0.4, 0.5) is 10.1 Å². The number of amides is 1. The maximum absolute atomic E-state index is 13.8. The van der Waals surface area contributed by atoms with Crippen LogP contribution in [0, 0.1) is 19.7 Å². The number of esters is 1. The molecule has 0 aliphatic carbocycles. The highest BCUT2D eigenvalue weighted by Gasteiger charge is 2.15. The van der Waals surface area contributed by atoms with Crippen LogP contribution in [-0.4, -0.2) is 23.5 Å². The van der Waals surface area contributed by atoms with Gasteiger partial charge in [0.2, 0.25) is 0 Å². The van der Waals surface area contributed by atoms with Gasteiger partial charge in [0, 0.05) is 11.1 Å². The van der Waals surface area contributed by atoms with Gasteiger partial charge in [-0.05, 0) is 43.7 Å². The van der Waals surface area contributed by atoms with Crippen LogP contribution in [0.1, 0.15) is 21.6 Å². The molecule has 0 fully saturated rings. The number of carbonyl (C=O) groups excluding carboxylic acids is 2. The molecule has 2 aromatic carbocycles. The lowest BCUT2D eigenvalue weighted by molar-refractivity contribution is -0.119. The number of aryl methyl sites for hydroxylation is 2. The van der Waals surface area contributed by atoms with E-state index in [-0.39, 0.29) is 5.69 Å². The Labute approximate surface area is 149 Å². The zero-order valence-corrected chi connectivity index (χ0v) is 14.4. The smallest absolute Gasteiger partial charge is 0.339 e. The first kappa shape index (κ1) is 17.5. The van der Waals surface area contributed by atoms with Gasteiger partial charge in [-0.2, -0.15) is 0 Å². The lowest BCUT2D eigenvalue weighted by atomic mass is 10.1. The fourth-order valence-corrected chi connectivity index (χ4v) is 2.59. The zero-order valence-electron chi connectivity index (χ0n) is 14.4. The number of carbonyl (C=O) groups is 2. The van der Waals surface area contributed by atoms with Crippen LogP contribution in [0.2, 0.25) is 0 Å². The first-order chi connectivity index (χ1) is 12.4. The van der Waals surface area contributed by atoms with Gasteiger partial charge in [0.1, 0.15) is 5.82 Å². The van der Waals surface area contributed by atoms with Gasteiger partial charge in [-0.1, -0.05) is 24.3 Å². The Morgan fingerprint density at radius 2 is 1.88 bits per heavy atom. The largest absolute Gasteiger partial charge is 0.452 e. The summed E-state index contributed by atoms with van der Waals surface area (Å²) in [6.07, 6.45) is 0. The molecule has 0 bridgehead atoms. The van der Waals surface area contributed by atoms with Crippen LogP contribution < -0.4 is 5.32 Å². The van der Waals surface area contributed by atoms with Crippen molar-refractivity contribution in [2.24, 2.45) is 0 Å². The normalized spacial score (nSPS) is 10.6. The Kier molecular flexibility index (Phi) is 4.93. The van der Waals surface area contributed by atoms with Crippen LogP contribution in [-0.2, 0) is 9.53 Å². The average molecular weight is 352 g/mol. The quantitative estimate of drug-likeness (QED) is 0.726. The molecule has 0 spiro atoms. The predicted octanol–water partition coefficient (Wildman–Crippen LogP) is 3.79. The van der Waals surface area contributed by atoms with Gasteiger partial charge in [-0.15, -0.1) is 0 Å². The maximum atomic E-state index is 13.8. The second kappa shape index (κ2) is 7.31. The molecule has 0 atom stereocenters. The minimum absolute atomic E-state index is 0.0434. The van der Waals surface area contributed by atoms with Gasteiger partial charge in [-0.3, -0.25) is 9.78 Å². The molecule has 0 aliphatic heterocycles. The molecule has 132 valence electrons. The van der Waals surface area contributed by atoms with E-state index in [1.165, 1.54) is 12.1 Å². The summed E-state index contributed by atoms with van der Waals surface area (Å²) < 4.78 is 18.9. The molecule has 0 radical (unpaired) electrons. The number of hydrogen-bond donors (Lipinski definition) is 1. The zero-order chi connectivity index (χ0) is 18.7. The third-order valence-electron chi connectivity index (χ3n) is 3.80. The predicted molar refractivity (Wildman–Crippen MR) is 96.5 cm³/mol. The highest BCUT2D eigenvalue weighted by atomic mass is 19.1. The fraction of sp³-hybridized carbons (Fsp3) is 0.150. The molecule has 1 aromatic heterocycles. The molecule has 3 rings (SSSR count). The van der Waals surface area contributed by atoms with E-state index in [0.717, 1.165) is 5.56 Å². The van der Waals surface area contributed by atoms with Crippen LogP contribution >= 0.6 is 0 Å². The lowest BCUT2D eigenvalue weighted by Crippen LogP contribution is -2.21. The highest BCUT2D eigenvalue weighted by molar-refractivity contribution is 6.04. The van der Waals surface area contributed by atoms with E-state index in [4.69, 9.17) is 4.74 Å². The number of anilines is 1. The number of para-hydroxylation sites is 1. The van der Waals surface area contributed by atoms with Gasteiger partial charge in [-0.25, -0.2) is 9.18 Å². The van der Waals surface area contributed by atoms with Gasteiger partial charge in [0.15, 0.2) is 6.61 Å². The monoisotopic (exact) mass is 352 g/mol. The first-order valence-electron chi connectivity index (χ1n) is 8.03. The molecule has 26 heavy (non-hydrogen) atoms. The second-order valence-electron chi connectivity index (χ2n) is 5.94. The summed E-state index contributed by atoms with van der Waals surface area (Å²) >= 11 is 0. The second-order valence-corrected chi connectivity index (χ2v) is 5.94. The van der Waals surface area contributed by atoms with Crippen LogP contribution in [0.3, 0.4) is 0 Å². The minimum atomic E-state index is -0.633. The van der Waals surface area contributed by atoms with Crippen molar-refractivity contribution >= 4 is 28.5 Å². The van der Waals surface area contributed by atoms with E-state index < -0.39 is 24.3 Å². The number of nitrogens with zero attached hydrogens (tertiary/aromatic N) is 1. The highest BCUT2D eigenvalue weighted by Crippen LogP contribution is 2.19. The number of hydrogen-bond acceptors (Lipinski definition) is 4. The van der Waals surface area contributed by atoms with Crippen molar-refractivity contribution in [3.63, 3.8) is 0 Å². The van der Waals surface area contributed by atoms with Gasteiger partial charge in [0.25, 0.3) is 5.91 Å². The van der Waals surface area contributed by atoms with Crippen LogP contribution in [0.25, 0.3) is 10.9 Å². The molecule has 0 aliphatic rings. The van der Waals surface area contributed by atoms with Crippen molar-refractivity contribution in [3.8, 4) is 0 Å². The van der Waals surface area contributed by atoms with Crippen LogP contribution in [0.5, 0.6) is 0 Å². The molecule has 3 aromatic rings. The number of benzene rings is 2. The SMILES string of the molecule is Cc1ccc(NC(=O)COC(=O)c2cc(C)nc3ccccc23)c(F)c1. The summed E-state index contributed by atoms with van der Waals surface area (Å²) in [7, 11) is 0. The molecule has 5 nitrogen and oxygen atoms in total. The third kappa shape index (κ3) is 3.85. The minimum Gasteiger partial charge on any atom is -0.452 e. The molecule has 1 N–H and O–H groups in total. The molecule has 0 saturated heterocycles. The van der Waals surface area contributed by atoms with E-state index in [9.17, 15) is 14.0 Å². The van der Waals surface area contributed by atoms with Crippen molar-refractivity contribution in [2.45, 2.75) is 13.8 Å². The number of halogens is 1. The maximum Gasteiger partial charge on any atom is 0.339 e. The standard InChI is InChI=1S/C20H17FN2O3/c1-12-7-8-18(16(21)9-12)23-19(24)11-26-20(25)15-10-13(2)22-17-6-4-3-5-14(15)17/h3-10H,11H2,1-2H3,(H,23,24). The van der Waals surface area contributed by atoms with Crippen molar-refractivity contribution in [3.05, 3.63) is 71.2 Å². The number of fused-ring (bicyclic) bond motifs is 1. The van der Waals surface area contributed by atoms with Crippen molar-refractivity contribution < 1.29 is 18.7 Å². The van der Waals surface area contributed by atoms with Crippen molar-refractivity contribution in [1.29, 1.82) is 0 Å². The summed E-state index contributed by atoms with van der Waals surface area (Å²) in [5, 5.41) is 3.04. The molecule has 1 heterocycles. The topological polar surface area (TPSA) is 68.3 Å². The Hall–Kier alpha value is -3.28. The van der Waals surface area contributed by atoms with Crippen LogP contribution in [0.15, 0.2) is 48.5 Å². The number of pyridine rings is 1. The Bertz CT molecular complexity index is 1000. The van der Waals surface area contributed by atoms with Gasteiger partial charge >= 0.3 is 5.97 Å². The molecule has 0 unspecified atom stereocenters. The molecular weight excluding hydrogens is 335 g/mol. The Morgan fingerprint density at radius 3 is 2.65 bits per heavy atom. The number of aromatic nitrogens is 1. The number of rotatable bonds is 4. The van der Waals surface area contributed by atoms with E-state index in [1.807, 2.05) is 6.07 Å². The molecular formula is C20H17FN2O3. The van der Waals surface area contributed by atoms with E-state index in [1.54, 1.807) is 44.2 Å². The third-order valence-corrected chi connectivity index (χ3v) is 3.80. The van der Waals surface area contributed by atoms with E-state index in [2.05, 4.69) is 10.3 Å². The number of nitrogens with one attached hydrogen (secondary N) is 1. The van der Waals surface area contributed by atoms with Gasteiger partial charge < -0.3 is 10.1 Å². The first-order valence-corrected chi connectivity index (χ1v) is 8.03. The Balaban J connectivity index is 1.70. The summed E-state index contributed by atoms with van der Waals surface area (Å²) in [6, 6.07) is 13.2. The molecule has 1 amide bonds. The number of ether oxygens (including phenoxy) is 1. The summed E-state index contributed by atoms with van der Waals surface area (Å²) in [5.41, 5.74) is 2.46. The Morgan fingerprint density at radius 1 is 1.12 bits per heavy atom. The van der Waals surface area contributed by atoms with E-state index >= 15 is 0 Å². The lowest BCUT2D eigenvalue weighted by Gasteiger charge is -2.10. The fourth-order valence-electron chi connectivity index (χ4n) is 2.59. The van der Waals surface area contributed by atoms with E-state index in [0.29, 0.717) is 22.2 Å². The average Bonchev–Trinajstić information content (AvgIpc) is 2.61. The summed E-state index contributed by atoms with van der Waals surface area (Å²) in [6.45, 7) is 3.01. The van der Waals surface area contributed by atoms with Crippen molar-refractivity contribution in [2.75, 3.05) is 11.9 Å². The summed E-state index contributed by atoms with van der Waals surface area (Å²) in [5.74, 6) is -1.79.